The number of carbonyl (C=O) groups excluding carboxylic acids is 2. The molecule has 32 heavy (non-hydrogen) atoms. The van der Waals surface area contributed by atoms with E-state index in [4.69, 9.17) is 4.74 Å². The van der Waals surface area contributed by atoms with E-state index in [-0.39, 0.29) is 40.7 Å². The number of fused-ring (bicyclic) bond motifs is 1. The van der Waals surface area contributed by atoms with Crippen LogP contribution in [0.25, 0.3) is 10.2 Å². The molecule has 10 heteroatoms. The van der Waals surface area contributed by atoms with Crippen LogP contribution in [0.5, 0.6) is 0 Å². The van der Waals surface area contributed by atoms with Crippen LogP contribution in [0.15, 0.2) is 36.4 Å². The average molecular weight is 484 g/mol. The second kappa shape index (κ2) is 11.3. The highest BCUT2D eigenvalue weighted by molar-refractivity contribution is 7.22. The van der Waals surface area contributed by atoms with Crippen LogP contribution in [-0.4, -0.2) is 55.0 Å². The molecule has 0 aliphatic carbocycles. The fourth-order valence-corrected chi connectivity index (χ4v) is 4.26. The van der Waals surface area contributed by atoms with Gasteiger partial charge in [0.2, 0.25) is 0 Å². The summed E-state index contributed by atoms with van der Waals surface area (Å²) in [7, 11) is 1.24. The van der Waals surface area contributed by atoms with Crippen LogP contribution in [0, 0.1) is 11.6 Å². The summed E-state index contributed by atoms with van der Waals surface area (Å²) in [5.74, 6) is -2.60. The lowest BCUT2D eigenvalue weighted by atomic mass is 10.1. The van der Waals surface area contributed by atoms with Gasteiger partial charge in [0, 0.05) is 19.2 Å². The summed E-state index contributed by atoms with van der Waals surface area (Å²) in [5, 5.41) is 0.233. The zero-order valence-electron chi connectivity index (χ0n) is 17.9. The van der Waals surface area contributed by atoms with Crippen LogP contribution in [0.3, 0.4) is 0 Å². The van der Waals surface area contributed by atoms with E-state index in [0.717, 1.165) is 30.5 Å². The summed E-state index contributed by atoms with van der Waals surface area (Å²) < 4.78 is 33.0. The van der Waals surface area contributed by atoms with Gasteiger partial charge < -0.3 is 9.64 Å². The number of rotatable bonds is 8. The third-order valence-electron chi connectivity index (χ3n) is 4.97. The first-order chi connectivity index (χ1) is 14.9. The van der Waals surface area contributed by atoms with E-state index < -0.39 is 23.5 Å². The smallest absolute Gasteiger partial charge is 0.338 e. The van der Waals surface area contributed by atoms with Gasteiger partial charge in [-0.2, -0.15) is 0 Å². The van der Waals surface area contributed by atoms with Crippen molar-refractivity contribution in [2.24, 2.45) is 0 Å². The highest BCUT2D eigenvalue weighted by atomic mass is 35.5. The lowest BCUT2D eigenvalue weighted by Crippen LogP contribution is -2.39. The van der Waals surface area contributed by atoms with Crippen molar-refractivity contribution in [3.05, 3.63) is 59.2 Å². The Bertz CT molecular complexity index is 1110. The first-order valence-corrected chi connectivity index (χ1v) is 10.7. The number of hydrogen-bond donors (Lipinski definition) is 0. The second-order valence-electron chi connectivity index (χ2n) is 6.75. The first-order valence-electron chi connectivity index (χ1n) is 9.86. The molecule has 3 rings (SSSR count). The number of hydrogen-bond acceptors (Lipinski definition) is 6. The third kappa shape index (κ3) is 5.40. The van der Waals surface area contributed by atoms with Gasteiger partial charge in [-0.25, -0.2) is 18.6 Å². The number of aromatic nitrogens is 1. The van der Waals surface area contributed by atoms with Gasteiger partial charge in [-0.1, -0.05) is 37.3 Å². The van der Waals surface area contributed by atoms with Gasteiger partial charge in [-0.15, -0.1) is 12.4 Å². The van der Waals surface area contributed by atoms with E-state index in [0.29, 0.717) is 11.2 Å². The molecule has 6 nitrogen and oxygen atoms in total. The zero-order valence-corrected chi connectivity index (χ0v) is 19.6. The van der Waals surface area contributed by atoms with Crippen molar-refractivity contribution in [1.29, 1.82) is 0 Å². The molecule has 1 aromatic heterocycles. The normalized spacial score (nSPS) is 10.8. The Labute approximate surface area is 195 Å². The SMILES string of the molecule is CCN(CC)CCN(C(=O)c1ccccc1C(=O)OC)c1nc2c(F)cc(F)cc2s1.Cl. The molecule has 3 aromatic rings. The molecule has 0 N–H and O–H groups in total. The molecule has 0 bridgehead atoms. The molecule has 0 spiro atoms. The Kier molecular flexibility index (Phi) is 9.06. The average Bonchev–Trinajstić information content (AvgIpc) is 3.20. The van der Waals surface area contributed by atoms with Crippen LogP contribution in [-0.2, 0) is 4.74 Å². The summed E-state index contributed by atoms with van der Waals surface area (Å²) in [4.78, 5) is 33.5. The maximum absolute atomic E-state index is 14.2. The Hall–Kier alpha value is -2.62. The Morgan fingerprint density at radius 1 is 1.06 bits per heavy atom. The number of nitrogens with zero attached hydrogens (tertiary/aromatic N) is 3. The maximum Gasteiger partial charge on any atom is 0.338 e. The van der Waals surface area contributed by atoms with E-state index in [2.05, 4.69) is 9.88 Å². The quantitative estimate of drug-likeness (QED) is 0.432. The molecular weight excluding hydrogens is 460 g/mol. The van der Waals surface area contributed by atoms with Gasteiger partial charge in [0.15, 0.2) is 10.9 Å². The monoisotopic (exact) mass is 483 g/mol. The second-order valence-corrected chi connectivity index (χ2v) is 7.76. The molecule has 0 aliphatic rings. The number of amides is 1. The number of thiazole rings is 1. The minimum atomic E-state index is -0.788. The molecule has 0 aliphatic heterocycles. The summed E-state index contributed by atoms with van der Waals surface area (Å²) in [5.41, 5.74) is 0.282. The number of anilines is 1. The number of carbonyl (C=O) groups is 2. The van der Waals surface area contributed by atoms with E-state index in [1.54, 1.807) is 12.1 Å². The van der Waals surface area contributed by atoms with Gasteiger partial charge in [0.25, 0.3) is 5.91 Å². The van der Waals surface area contributed by atoms with E-state index in [9.17, 15) is 18.4 Å². The van der Waals surface area contributed by atoms with Crippen molar-refractivity contribution < 1.29 is 23.1 Å². The van der Waals surface area contributed by atoms with Gasteiger partial charge >= 0.3 is 5.97 Å². The molecular formula is C22H24ClF2N3O3S. The summed E-state index contributed by atoms with van der Waals surface area (Å²) in [6.07, 6.45) is 0. The van der Waals surface area contributed by atoms with Gasteiger partial charge in [0.1, 0.15) is 11.3 Å². The maximum atomic E-state index is 14.2. The lowest BCUT2D eigenvalue weighted by Gasteiger charge is -2.25. The van der Waals surface area contributed by atoms with Gasteiger partial charge in [0.05, 0.1) is 22.9 Å². The summed E-state index contributed by atoms with van der Waals surface area (Å²) in [6.45, 7) is 6.41. The number of likely N-dealkylation sites (N-methyl/N-ethyl adjacent to an activating group) is 1. The largest absolute Gasteiger partial charge is 0.465 e. The number of ether oxygens (including phenoxy) is 1. The number of methoxy groups -OCH3 is 1. The molecule has 1 heterocycles. The molecule has 0 saturated heterocycles. The van der Waals surface area contributed by atoms with E-state index in [1.807, 2.05) is 13.8 Å². The minimum Gasteiger partial charge on any atom is -0.465 e. The molecule has 0 radical (unpaired) electrons. The minimum absolute atomic E-state index is 0. The highest BCUT2D eigenvalue weighted by Gasteiger charge is 2.26. The Morgan fingerprint density at radius 2 is 1.72 bits per heavy atom. The molecule has 0 unspecified atom stereocenters. The van der Waals surface area contributed by atoms with Crippen molar-refractivity contribution in [1.82, 2.24) is 9.88 Å². The standard InChI is InChI=1S/C22H23F2N3O3S.ClH/c1-4-26(5-2)10-11-27(20(28)15-8-6-7-9-16(15)21(29)30-3)22-25-19-17(24)12-14(23)13-18(19)31-22;/h6-9,12-13H,4-5,10-11H2,1-3H3;1H. The van der Waals surface area contributed by atoms with E-state index >= 15 is 0 Å². The molecule has 0 fully saturated rings. The fraction of sp³-hybridized carbons (Fsp3) is 0.318. The molecule has 0 atom stereocenters. The summed E-state index contributed by atoms with van der Waals surface area (Å²) >= 11 is 1.02. The Balaban J connectivity index is 0.00000363. The molecule has 0 saturated carbocycles. The van der Waals surface area contributed by atoms with Gasteiger partial charge in [-0.05, 0) is 31.3 Å². The van der Waals surface area contributed by atoms with Crippen molar-refractivity contribution in [2.75, 3.05) is 38.2 Å². The van der Waals surface area contributed by atoms with Crippen LogP contribution in [0.2, 0.25) is 0 Å². The van der Waals surface area contributed by atoms with Crippen LogP contribution >= 0.6 is 23.7 Å². The van der Waals surface area contributed by atoms with Crippen molar-refractivity contribution >= 4 is 51.0 Å². The van der Waals surface area contributed by atoms with Crippen molar-refractivity contribution in [3.8, 4) is 0 Å². The summed E-state index contributed by atoms with van der Waals surface area (Å²) in [6, 6.07) is 8.28. The van der Waals surface area contributed by atoms with Crippen LogP contribution in [0.4, 0.5) is 13.9 Å². The van der Waals surface area contributed by atoms with Gasteiger partial charge in [-0.3, -0.25) is 9.69 Å². The van der Waals surface area contributed by atoms with Crippen LogP contribution < -0.4 is 4.90 Å². The highest BCUT2D eigenvalue weighted by Crippen LogP contribution is 2.32. The predicted octanol–water partition coefficient (Wildman–Crippen LogP) is 4.77. The molecule has 172 valence electrons. The molecule has 2 aromatic carbocycles. The van der Waals surface area contributed by atoms with Crippen molar-refractivity contribution in [3.63, 3.8) is 0 Å². The number of esters is 1. The zero-order chi connectivity index (χ0) is 22.5. The third-order valence-corrected chi connectivity index (χ3v) is 6.00. The van der Waals surface area contributed by atoms with E-state index in [1.165, 1.54) is 30.2 Å². The topological polar surface area (TPSA) is 62.7 Å². The molecule has 1 amide bonds. The number of benzene rings is 2. The lowest BCUT2D eigenvalue weighted by molar-refractivity contribution is 0.0597. The predicted molar refractivity (Wildman–Crippen MR) is 124 cm³/mol. The first kappa shape index (κ1) is 25.6. The Morgan fingerprint density at radius 3 is 2.34 bits per heavy atom. The van der Waals surface area contributed by atoms with Crippen LogP contribution in [0.1, 0.15) is 34.6 Å². The van der Waals surface area contributed by atoms with Crippen molar-refractivity contribution in [2.45, 2.75) is 13.8 Å². The fourth-order valence-electron chi connectivity index (χ4n) is 3.23. The number of halogens is 3.